The Morgan fingerprint density at radius 2 is 2.18 bits per heavy atom. The molecule has 2 rings (SSSR count). The van der Waals surface area contributed by atoms with Crippen LogP contribution in [0.1, 0.15) is 31.4 Å². The van der Waals surface area contributed by atoms with Crippen molar-refractivity contribution in [3.05, 3.63) is 35.9 Å². The second kappa shape index (κ2) is 5.32. The lowest BCUT2D eigenvalue weighted by atomic mass is 10.0. The van der Waals surface area contributed by atoms with E-state index in [0.717, 1.165) is 19.4 Å². The molecule has 2 unspecified atom stereocenters. The number of benzene rings is 1. The monoisotopic (exact) mass is 233 g/mol. The molecule has 1 fully saturated rings. The van der Waals surface area contributed by atoms with Crippen LogP contribution in [0.3, 0.4) is 0 Å². The second-order valence-corrected chi connectivity index (χ2v) is 4.65. The molecule has 1 aromatic carbocycles. The molecule has 0 amide bonds. The van der Waals surface area contributed by atoms with Crippen molar-refractivity contribution in [3.8, 4) is 0 Å². The van der Waals surface area contributed by atoms with Gasteiger partial charge in [0, 0.05) is 12.6 Å². The molecule has 3 heteroatoms. The third-order valence-corrected chi connectivity index (χ3v) is 3.58. The normalized spacial score (nSPS) is 22.5. The van der Waals surface area contributed by atoms with Crippen LogP contribution in [0, 0.1) is 5.92 Å². The molecule has 1 N–H and O–H groups in total. The molecule has 3 nitrogen and oxygen atoms in total. The first-order valence-electron chi connectivity index (χ1n) is 6.24. The van der Waals surface area contributed by atoms with Crippen molar-refractivity contribution < 1.29 is 9.90 Å². The summed E-state index contributed by atoms with van der Waals surface area (Å²) < 4.78 is 0. The van der Waals surface area contributed by atoms with Crippen molar-refractivity contribution in [2.75, 3.05) is 13.1 Å². The number of likely N-dealkylation sites (tertiary alicyclic amines) is 1. The second-order valence-electron chi connectivity index (χ2n) is 4.65. The molecule has 0 saturated carbocycles. The predicted molar refractivity (Wildman–Crippen MR) is 66.8 cm³/mol. The minimum Gasteiger partial charge on any atom is -0.481 e. The van der Waals surface area contributed by atoms with Crippen LogP contribution in [-0.4, -0.2) is 29.1 Å². The van der Waals surface area contributed by atoms with Gasteiger partial charge in [-0.05, 0) is 24.9 Å². The van der Waals surface area contributed by atoms with Crippen LogP contribution in [0.15, 0.2) is 30.3 Å². The topological polar surface area (TPSA) is 40.5 Å². The number of carboxylic acids is 1. The van der Waals surface area contributed by atoms with Crippen LogP contribution in [0.5, 0.6) is 0 Å². The standard InChI is InChI=1S/C14H19NO2/c1-2-13(11-6-4-3-5-7-11)15-9-8-12(10-15)14(16)17/h3-7,12-13H,2,8-10H2,1H3,(H,16,17). The first-order valence-corrected chi connectivity index (χ1v) is 6.24. The molecule has 0 aromatic heterocycles. The third kappa shape index (κ3) is 2.67. The van der Waals surface area contributed by atoms with Crippen molar-refractivity contribution in [3.63, 3.8) is 0 Å². The van der Waals surface area contributed by atoms with Crippen LogP contribution in [-0.2, 0) is 4.79 Å². The number of hydrogen-bond acceptors (Lipinski definition) is 2. The van der Waals surface area contributed by atoms with E-state index >= 15 is 0 Å². The summed E-state index contributed by atoms with van der Waals surface area (Å²) in [6.45, 7) is 3.73. The lowest BCUT2D eigenvalue weighted by Gasteiger charge is -2.27. The highest BCUT2D eigenvalue weighted by Gasteiger charge is 2.31. The number of hydrogen-bond donors (Lipinski definition) is 1. The molecule has 92 valence electrons. The zero-order valence-corrected chi connectivity index (χ0v) is 10.2. The van der Waals surface area contributed by atoms with Crippen molar-refractivity contribution in [2.45, 2.75) is 25.8 Å². The minimum absolute atomic E-state index is 0.187. The van der Waals surface area contributed by atoms with Crippen molar-refractivity contribution in [2.24, 2.45) is 5.92 Å². The number of carboxylic acid groups (broad SMARTS) is 1. The molecule has 0 aliphatic carbocycles. The van der Waals surface area contributed by atoms with Crippen LogP contribution >= 0.6 is 0 Å². The van der Waals surface area contributed by atoms with Gasteiger partial charge in [-0.1, -0.05) is 37.3 Å². The molecule has 0 bridgehead atoms. The van der Waals surface area contributed by atoms with Crippen LogP contribution in [0.4, 0.5) is 0 Å². The van der Waals surface area contributed by atoms with Gasteiger partial charge in [0.1, 0.15) is 0 Å². The molecule has 1 aliphatic heterocycles. The van der Waals surface area contributed by atoms with E-state index in [-0.39, 0.29) is 5.92 Å². The number of rotatable bonds is 4. The summed E-state index contributed by atoms with van der Waals surface area (Å²) in [5.74, 6) is -0.844. The fraction of sp³-hybridized carbons (Fsp3) is 0.500. The van der Waals surface area contributed by atoms with Gasteiger partial charge in [0.2, 0.25) is 0 Å². The van der Waals surface area contributed by atoms with Crippen LogP contribution < -0.4 is 0 Å². The maximum atomic E-state index is 11.0. The predicted octanol–water partition coefficient (Wildman–Crippen LogP) is 2.54. The van der Waals surface area contributed by atoms with Gasteiger partial charge in [-0.25, -0.2) is 0 Å². The molecule has 0 radical (unpaired) electrons. The van der Waals surface area contributed by atoms with E-state index in [2.05, 4.69) is 24.0 Å². The highest BCUT2D eigenvalue weighted by molar-refractivity contribution is 5.70. The van der Waals surface area contributed by atoms with Crippen molar-refractivity contribution >= 4 is 5.97 Å². The molecule has 1 heterocycles. The molecule has 1 saturated heterocycles. The Hall–Kier alpha value is -1.35. The summed E-state index contributed by atoms with van der Waals surface area (Å²) in [6.07, 6.45) is 1.80. The third-order valence-electron chi connectivity index (χ3n) is 3.58. The van der Waals surface area contributed by atoms with Gasteiger partial charge in [0.25, 0.3) is 0 Å². The average molecular weight is 233 g/mol. The summed E-state index contributed by atoms with van der Waals surface area (Å²) in [4.78, 5) is 13.3. The van der Waals surface area contributed by atoms with E-state index in [4.69, 9.17) is 5.11 Å². The Morgan fingerprint density at radius 1 is 1.47 bits per heavy atom. The zero-order chi connectivity index (χ0) is 12.3. The largest absolute Gasteiger partial charge is 0.481 e. The van der Waals surface area contributed by atoms with E-state index in [1.54, 1.807) is 0 Å². The number of nitrogens with zero attached hydrogens (tertiary/aromatic N) is 1. The Labute approximate surface area is 102 Å². The summed E-state index contributed by atoms with van der Waals surface area (Å²) in [6, 6.07) is 10.7. The Bertz CT molecular complexity index is 377. The van der Waals surface area contributed by atoms with Gasteiger partial charge >= 0.3 is 5.97 Å². The quantitative estimate of drug-likeness (QED) is 0.868. The smallest absolute Gasteiger partial charge is 0.307 e. The molecule has 2 atom stereocenters. The van der Waals surface area contributed by atoms with E-state index < -0.39 is 5.97 Å². The van der Waals surface area contributed by atoms with Gasteiger partial charge < -0.3 is 5.11 Å². The van der Waals surface area contributed by atoms with Gasteiger partial charge in [0.15, 0.2) is 0 Å². The van der Waals surface area contributed by atoms with Gasteiger partial charge in [-0.3, -0.25) is 9.69 Å². The molecule has 17 heavy (non-hydrogen) atoms. The molecular formula is C14H19NO2. The summed E-state index contributed by atoms with van der Waals surface area (Å²) in [5, 5.41) is 9.03. The molecule has 1 aliphatic rings. The van der Waals surface area contributed by atoms with Crippen LogP contribution in [0.25, 0.3) is 0 Å². The fourth-order valence-corrected chi connectivity index (χ4v) is 2.65. The summed E-state index contributed by atoms with van der Waals surface area (Å²) in [5.41, 5.74) is 1.29. The highest BCUT2D eigenvalue weighted by Crippen LogP contribution is 2.29. The Kier molecular flexibility index (Phi) is 3.79. The van der Waals surface area contributed by atoms with Gasteiger partial charge in [-0.15, -0.1) is 0 Å². The summed E-state index contributed by atoms with van der Waals surface area (Å²) >= 11 is 0. The first-order chi connectivity index (χ1) is 8.22. The van der Waals surface area contributed by atoms with E-state index in [1.165, 1.54) is 5.56 Å². The first kappa shape index (κ1) is 12.1. The zero-order valence-electron chi connectivity index (χ0n) is 10.2. The van der Waals surface area contributed by atoms with E-state index in [9.17, 15) is 4.79 Å². The van der Waals surface area contributed by atoms with Gasteiger partial charge in [-0.2, -0.15) is 0 Å². The van der Waals surface area contributed by atoms with E-state index in [0.29, 0.717) is 12.6 Å². The maximum Gasteiger partial charge on any atom is 0.307 e. The SMILES string of the molecule is CCC(c1ccccc1)N1CCC(C(=O)O)C1. The van der Waals surface area contributed by atoms with Crippen LogP contribution in [0.2, 0.25) is 0 Å². The average Bonchev–Trinajstić information content (AvgIpc) is 2.81. The highest BCUT2D eigenvalue weighted by atomic mass is 16.4. The molecule has 0 spiro atoms. The number of aliphatic carboxylic acids is 1. The van der Waals surface area contributed by atoms with Gasteiger partial charge in [0.05, 0.1) is 5.92 Å². The minimum atomic E-state index is -0.657. The lowest BCUT2D eigenvalue weighted by molar-refractivity contribution is -0.141. The molecule has 1 aromatic rings. The molecular weight excluding hydrogens is 214 g/mol. The summed E-state index contributed by atoms with van der Waals surface area (Å²) in [7, 11) is 0. The fourth-order valence-electron chi connectivity index (χ4n) is 2.65. The van der Waals surface area contributed by atoms with Crippen molar-refractivity contribution in [1.82, 2.24) is 4.90 Å². The van der Waals surface area contributed by atoms with E-state index in [1.807, 2.05) is 18.2 Å². The lowest BCUT2D eigenvalue weighted by Crippen LogP contribution is -2.27. The Morgan fingerprint density at radius 3 is 2.71 bits per heavy atom. The number of carbonyl (C=O) groups is 1. The maximum absolute atomic E-state index is 11.0. The Balaban J connectivity index is 2.08. The van der Waals surface area contributed by atoms with Crippen molar-refractivity contribution in [1.29, 1.82) is 0 Å².